The highest BCUT2D eigenvalue weighted by Gasteiger charge is 2.24. The number of aromatic nitrogens is 2. The maximum absolute atomic E-state index is 11.1. The summed E-state index contributed by atoms with van der Waals surface area (Å²) in [6, 6.07) is 2.06. The van der Waals surface area contributed by atoms with Gasteiger partial charge in [0.15, 0.2) is 5.82 Å². The third kappa shape index (κ3) is 2.43. The van der Waals surface area contributed by atoms with Gasteiger partial charge in [-0.3, -0.25) is 4.79 Å². The molecule has 6 heteroatoms. The zero-order valence-corrected chi connectivity index (χ0v) is 10.6. The van der Waals surface area contributed by atoms with E-state index in [-0.39, 0.29) is 11.8 Å². The van der Waals surface area contributed by atoms with Gasteiger partial charge in [0, 0.05) is 19.4 Å². The molecule has 1 unspecified atom stereocenters. The van der Waals surface area contributed by atoms with Crippen LogP contribution in [-0.2, 0) is 11.2 Å². The van der Waals surface area contributed by atoms with Crippen molar-refractivity contribution >= 4 is 17.2 Å². The molecular weight excluding hydrogens is 250 g/mol. The number of nitrogens with one attached hydrogen (secondary N) is 1. The lowest BCUT2D eigenvalue weighted by atomic mass is 9.99. The van der Waals surface area contributed by atoms with Crippen molar-refractivity contribution in [1.29, 1.82) is 0 Å². The third-order valence-corrected chi connectivity index (χ3v) is 3.77. The van der Waals surface area contributed by atoms with Crippen molar-refractivity contribution in [3.63, 3.8) is 0 Å². The van der Waals surface area contributed by atoms with Gasteiger partial charge in [-0.25, -0.2) is 0 Å². The fourth-order valence-electron chi connectivity index (χ4n) is 2.02. The lowest BCUT2D eigenvalue weighted by Gasteiger charge is -2.18. The lowest BCUT2D eigenvalue weighted by molar-refractivity contribution is -0.122. The first-order chi connectivity index (χ1) is 8.81. The number of hydrogen-bond donors (Lipinski definition) is 1. The Hall–Kier alpha value is -1.69. The molecule has 2 aromatic rings. The number of carbonyl (C=O) groups excluding carboxylic acids is 1. The number of amides is 1. The van der Waals surface area contributed by atoms with Crippen LogP contribution in [0.2, 0.25) is 0 Å². The Labute approximate surface area is 108 Å². The molecule has 2 aromatic heterocycles. The molecule has 3 rings (SSSR count). The van der Waals surface area contributed by atoms with E-state index in [0.29, 0.717) is 31.1 Å². The summed E-state index contributed by atoms with van der Waals surface area (Å²) in [5.41, 5.74) is 1.20. The number of piperidine rings is 1. The van der Waals surface area contributed by atoms with E-state index >= 15 is 0 Å². The lowest BCUT2D eigenvalue weighted by Crippen LogP contribution is -2.33. The molecule has 0 bridgehead atoms. The van der Waals surface area contributed by atoms with Crippen LogP contribution in [0, 0.1) is 0 Å². The van der Waals surface area contributed by atoms with Crippen molar-refractivity contribution in [2.75, 3.05) is 6.54 Å². The maximum atomic E-state index is 11.1. The van der Waals surface area contributed by atoms with E-state index < -0.39 is 0 Å². The van der Waals surface area contributed by atoms with Gasteiger partial charge in [-0.05, 0) is 28.8 Å². The number of thiophene rings is 1. The summed E-state index contributed by atoms with van der Waals surface area (Å²) >= 11 is 1.66. The summed E-state index contributed by atoms with van der Waals surface area (Å²) in [4.78, 5) is 15.5. The Bertz CT molecular complexity index is 525. The SMILES string of the molecule is O=C1CCC(c2nc(Cc3ccsc3)no2)CN1. The van der Waals surface area contributed by atoms with Crippen molar-refractivity contribution < 1.29 is 9.32 Å². The zero-order valence-electron chi connectivity index (χ0n) is 9.76. The molecule has 0 radical (unpaired) electrons. The number of carbonyl (C=O) groups is 1. The second-order valence-electron chi connectivity index (χ2n) is 4.40. The van der Waals surface area contributed by atoms with Gasteiger partial charge in [-0.1, -0.05) is 5.16 Å². The van der Waals surface area contributed by atoms with Crippen molar-refractivity contribution in [3.8, 4) is 0 Å². The predicted octanol–water partition coefficient (Wildman–Crippen LogP) is 1.72. The first-order valence-corrected chi connectivity index (χ1v) is 6.86. The monoisotopic (exact) mass is 263 g/mol. The minimum atomic E-state index is 0.101. The van der Waals surface area contributed by atoms with E-state index in [2.05, 4.69) is 26.9 Å². The quantitative estimate of drug-likeness (QED) is 0.915. The van der Waals surface area contributed by atoms with Crippen LogP contribution in [-0.4, -0.2) is 22.6 Å². The van der Waals surface area contributed by atoms with Crippen LogP contribution < -0.4 is 5.32 Å². The Morgan fingerprint density at radius 2 is 2.50 bits per heavy atom. The molecule has 1 fully saturated rings. The highest BCUT2D eigenvalue weighted by Crippen LogP contribution is 2.22. The van der Waals surface area contributed by atoms with Gasteiger partial charge in [-0.2, -0.15) is 16.3 Å². The van der Waals surface area contributed by atoms with Crippen molar-refractivity contribution in [2.45, 2.75) is 25.2 Å². The predicted molar refractivity (Wildman–Crippen MR) is 66.4 cm³/mol. The molecule has 0 saturated carbocycles. The fourth-order valence-corrected chi connectivity index (χ4v) is 2.69. The molecule has 5 nitrogen and oxygen atoms in total. The molecule has 1 amide bonds. The van der Waals surface area contributed by atoms with Crippen molar-refractivity contribution in [3.05, 3.63) is 34.1 Å². The molecule has 0 spiro atoms. The summed E-state index contributed by atoms with van der Waals surface area (Å²) in [5, 5.41) is 10.9. The van der Waals surface area contributed by atoms with Crippen LogP contribution in [0.1, 0.15) is 36.0 Å². The van der Waals surface area contributed by atoms with Gasteiger partial charge < -0.3 is 9.84 Å². The average Bonchev–Trinajstić information content (AvgIpc) is 3.02. The topological polar surface area (TPSA) is 68.0 Å². The average molecular weight is 263 g/mol. The van der Waals surface area contributed by atoms with E-state index in [4.69, 9.17) is 4.52 Å². The minimum Gasteiger partial charge on any atom is -0.355 e. The van der Waals surface area contributed by atoms with Gasteiger partial charge in [-0.15, -0.1) is 0 Å². The Balaban J connectivity index is 1.67. The summed E-state index contributed by atoms with van der Waals surface area (Å²) in [6.45, 7) is 0.596. The molecule has 1 atom stereocenters. The van der Waals surface area contributed by atoms with Crippen LogP contribution in [0.5, 0.6) is 0 Å². The number of hydrogen-bond acceptors (Lipinski definition) is 5. The third-order valence-electron chi connectivity index (χ3n) is 3.04. The van der Waals surface area contributed by atoms with Gasteiger partial charge in [0.05, 0.1) is 5.92 Å². The smallest absolute Gasteiger partial charge is 0.231 e. The molecule has 1 N–H and O–H groups in total. The molecule has 0 aromatic carbocycles. The number of nitrogens with zero attached hydrogens (tertiary/aromatic N) is 2. The standard InChI is InChI=1S/C12H13N3O2S/c16-11-2-1-9(6-13-11)12-14-10(15-17-12)5-8-3-4-18-7-8/h3-4,7,9H,1-2,5-6H2,(H,13,16). The molecule has 1 aliphatic rings. The molecule has 0 aliphatic carbocycles. The first kappa shape index (κ1) is 11.4. The molecule has 1 aliphatic heterocycles. The summed E-state index contributed by atoms with van der Waals surface area (Å²) in [7, 11) is 0. The largest absolute Gasteiger partial charge is 0.355 e. The van der Waals surface area contributed by atoms with E-state index in [9.17, 15) is 4.79 Å². The summed E-state index contributed by atoms with van der Waals surface area (Å²) in [5.74, 6) is 1.61. The summed E-state index contributed by atoms with van der Waals surface area (Å²) < 4.78 is 5.28. The summed E-state index contributed by atoms with van der Waals surface area (Å²) in [6.07, 6.45) is 2.02. The van der Waals surface area contributed by atoms with Crippen LogP contribution >= 0.6 is 11.3 Å². The normalized spacial score (nSPS) is 19.8. The van der Waals surface area contributed by atoms with Crippen LogP contribution in [0.25, 0.3) is 0 Å². The van der Waals surface area contributed by atoms with Crippen LogP contribution in [0.15, 0.2) is 21.3 Å². The molecule has 3 heterocycles. The van der Waals surface area contributed by atoms with E-state index in [1.807, 2.05) is 5.38 Å². The van der Waals surface area contributed by atoms with E-state index in [0.717, 1.165) is 6.42 Å². The highest BCUT2D eigenvalue weighted by atomic mass is 32.1. The number of rotatable bonds is 3. The zero-order chi connectivity index (χ0) is 12.4. The van der Waals surface area contributed by atoms with Gasteiger partial charge in [0.25, 0.3) is 0 Å². The first-order valence-electron chi connectivity index (χ1n) is 5.91. The van der Waals surface area contributed by atoms with Gasteiger partial charge in [0.1, 0.15) is 0 Å². The van der Waals surface area contributed by atoms with Gasteiger partial charge in [0.2, 0.25) is 11.8 Å². The van der Waals surface area contributed by atoms with Crippen LogP contribution in [0.3, 0.4) is 0 Å². The molecule has 94 valence electrons. The van der Waals surface area contributed by atoms with Crippen molar-refractivity contribution in [2.24, 2.45) is 0 Å². The minimum absolute atomic E-state index is 0.101. The Kier molecular flexibility index (Phi) is 3.10. The fraction of sp³-hybridized carbons (Fsp3) is 0.417. The highest BCUT2D eigenvalue weighted by molar-refractivity contribution is 7.07. The maximum Gasteiger partial charge on any atom is 0.231 e. The second kappa shape index (κ2) is 4.89. The van der Waals surface area contributed by atoms with E-state index in [1.54, 1.807) is 11.3 Å². The molecule has 1 saturated heterocycles. The molecule has 18 heavy (non-hydrogen) atoms. The van der Waals surface area contributed by atoms with Gasteiger partial charge >= 0.3 is 0 Å². The Morgan fingerprint density at radius 3 is 3.22 bits per heavy atom. The van der Waals surface area contributed by atoms with E-state index in [1.165, 1.54) is 5.56 Å². The van der Waals surface area contributed by atoms with Crippen molar-refractivity contribution in [1.82, 2.24) is 15.5 Å². The second-order valence-corrected chi connectivity index (χ2v) is 5.18. The Morgan fingerprint density at radius 1 is 1.56 bits per heavy atom. The molecular formula is C12H13N3O2S. The van der Waals surface area contributed by atoms with Crippen LogP contribution in [0.4, 0.5) is 0 Å².